The fraction of sp³-hybridized carbons (Fsp3) is 0.182. The Bertz CT molecular complexity index is 845. The fourth-order valence-electron chi connectivity index (χ4n) is 2.56. The quantitative estimate of drug-likeness (QED) is 0.515. The van der Waals surface area contributed by atoms with Gasteiger partial charge in [0.15, 0.2) is 0 Å². The van der Waals surface area contributed by atoms with E-state index in [0.717, 1.165) is 26.7 Å². The van der Waals surface area contributed by atoms with Crippen LogP contribution >= 0.6 is 11.8 Å². The van der Waals surface area contributed by atoms with E-state index >= 15 is 0 Å². The second-order valence-electron chi connectivity index (χ2n) is 6.37. The molecule has 0 saturated heterocycles. The van der Waals surface area contributed by atoms with Crippen LogP contribution in [0.5, 0.6) is 5.75 Å². The van der Waals surface area contributed by atoms with Gasteiger partial charge in [-0.3, -0.25) is 5.73 Å². The van der Waals surface area contributed by atoms with E-state index in [1.807, 2.05) is 78.9 Å². The number of aliphatic hydroxyl groups is 2. The maximum Gasteiger partial charge on any atom is 0.220 e. The van der Waals surface area contributed by atoms with Crippen LogP contribution in [-0.2, 0) is 13.0 Å². The Balaban J connectivity index is 1.57. The zero-order chi connectivity index (χ0) is 19.1. The van der Waals surface area contributed by atoms with Crippen LogP contribution in [-0.4, -0.2) is 16.1 Å². The van der Waals surface area contributed by atoms with Gasteiger partial charge in [0.25, 0.3) is 0 Å². The van der Waals surface area contributed by atoms with E-state index in [-0.39, 0.29) is 6.42 Å². The van der Waals surface area contributed by atoms with Gasteiger partial charge in [-0.2, -0.15) is 0 Å². The van der Waals surface area contributed by atoms with Gasteiger partial charge in [-0.1, -0.05) is 60.3 Å². The monoisotopic (exact) mass is 381 g/mol. The molecule has 0 atom stereocenters. The van der Waals surface area contributed by atoms with E-state index in [4.69, 9.17) is 10.5 Å². The number of ether oxygens (including phenoxy) is 1. The molecule has 0 unspecified atom stereocenters. The van der Waals surface area contributed by atoms with Crippen LogP contribution in [0.2, 0.25) is 0 Å². The number of hydrogen-bond acceptors (Lipinski definition) is 5. The van der Waals surface area contributed by atoms with Gasteiger partial charge in [0, 0.05) is 16.2 Å². The molecule has 0 aliphatic heterocycles. The van der Waals surface area contributed by atoms with Crippen LogP contribution in [0.1, 0.15) is 17.5 Å². The maximum absolute atomic E-state index is 9.19. The number of benzene rings is 3. The molecule has 140 valence electrons. The van der Waals surface area contributed by atoms with E-state index in [9.17, 15) is 10.2 Å². The lowest BCUT2D eigenvalue weighted by atomic mass is 10.1. The van der Waals surface area contributed by atoms with E-state index in [1.54, 1.807) is 11.8 Å². The summed E-state index contributed by atoms with van der Waals surface area (Å²) in [5.41, 5.74) is 7.34. The summed E-state index contributed by atoms with van der Waals surface area (Å²) in [6, 6.07) is 26.1. The van der Waals surface area contributed by atoms with Crippen molar-refractivity contribution in [2.75, 3.05) is 0 Å². The van der Waals surface area contributed by atoms with Crippen molar-refractivity contribution < 1.29 is 14.9 Å². The lowest BCUT2D eigenvalue weighted by molar-refractivity contribution is -0.159. The molecule has 0 amide bonds. The normalized spacial score (nSPS) is 11.4. The first-order valence-corrected chi connectivity index (χ1v) is 9.57. The SMILES string of the molecule is NC(O)(O)CCc1ccc(Sc2cccc(OCc3ccccc3)c2)cc1. The van der Waals surface area contributed by atoms with Crippen LogP contribution in [0.15, 0.2) is 88.7 Å². The molecule has 27 heavy (non-hydrogen) atoms. The molecule has 3 aromatic carbocycles. The lowest BCUT2D eigenvalue weighted by Gasteiger charge is -2.15. The molecular formula is C22H23NO3S. The highest BCUT2D eigenvalue weighted by molar-refractivity contribution is 7.99. The van der Waals surface area contributed by atoms with Gasteiger partial charge >= 0.3 is 0 Å². The van der Waals surface area contributed by atoms with Crippen LogP contribution in [0, 0.1) is 0 Å². The largest absolute Gasteiger partial charge is 0.489 e. The Morgan fingerprint density at radius 3 is 2.26 bits per heavy atom. The Morgan fingerprint density at radius 2 is 1.56 bits per heavy atom. The van der Waals surface area contributed by atoms with Crippen molar-refractivity contribution in [2.24, 2.45) is 5.73 Å². The molecule has 0 bridgehead atoms. The summed E-state index contributed by atoms with van der Waals surface area (Å²) >= 11 is 1.65. The van der Waals surface area contributed by atoms with Crippen molar-refractivity contribution in [2.45, 2.75) is 35.2 Å². The smallest absolute Gasteiger partial charge is 0.220 e. The fourth-order valence-corrected chi connectivity index (χ4v) is 3.42. The molecule has 3 rings (SSSR count). The summed E-state index contributed by atoms with van der Waals surface area (Å²) in [7, 11) is 0. The molecule has 4 N–H and O–H groups in total. The van der Waals surface area contributed by atoms with Crippen molar-refractivity contribution >= 4 is 11.8 Å². The Kier molecular flexibility index (Phi) is 6.53. The molecular weight excluding hydrogens is 358 g/mol. The molecule has 5 heteroatoms. The molecule has 0 saturated carbocycles. The minimum Gasteiger partial charge on any atom is -0.489 e. The highest BCUT2D eigenvalue weighted by Gasteiger charge is 2.15. The first kappa shape index (κ1) is 19.5. The topological polar surface area (TPSA) is 75.7 Å². The lowest BCUT2D eigenvalue weighted by Crippen LogP contribution is -2.39. The zero-order valence-electron chi connectivity index (χ0n) is 14.9. The van der Waals surface area contributed by atoms with Crippen LogP contribution < -0.4 is 10.5 Å². The maximum atomic E-state index is 9.19. The van der Waals surface area contributed by atoms with Gasteiger partial charge in [0.1, 0.15) is 12.4 Å². The van der Waals surface area contributed by atoms with Crippen molar-refractivity contribution in [3.05, 3.63) is 90.0 Å². The van der Waals surface area contributed by atoms with Gasteiger partial charge in [-0.15, -0.1) is 0 Å². The molecule has 0 aliphatic rings. The summed E-state index contributed by atoms with van der Waals surface area (Å²) in [6.45, 7) is 0.544. The van der Waals surface area contributed by atoms with Crippen LogP contribution in [0.4, 0.5) is 0 Å². The van der Waals surface area contributed by atoms with E-state index < -0.39 is 5.91 Å². The number of nitrogens with two attached hydrogens (primary N) is 1. The van der Waals surface area contributed by atoms with Crippen LogP contribution in [0.3, 0.4) is 0 Å². The molecule has 0 aromatic heterocycles. The summed E-state index contributed by atoms with van der Waals surface area (Å²) in [5, 5.41) is 18.4. The third-order valence-corrected chi connectivity index (χ3v) is 4.99. The van der Waals surface area contributed by atoms with E-state index in [0.29, 0.717) is 13.0 Å². The zero-order valence-corrected chi connectivity index (χ0v) is 15.7. The van der Waals surface area contributed by atoms with Crippen molar-refractivity contribution in [3.8, 4) is 5.75 Å². The summed E-state index contributed by atoms with van der Waals surface area (Å²) in [6.07, 6.45) is 0.609. The molecule has 3 aromatic rings. The first-order valence-electron chi connectivity index (χ1n) is 8.75. The van der Waals surface area contributed by atoms with E-state index in [1.165, 1.54) is 0 Å². The van der Waals surface area contributed by atoms with Crippen LogP contribution in [0.25, 0.3) is 0 Å². The highest BCUT2D eigenvalue weighted by atomic mass is 32.2. The van der Waals surface area contributed by atoms with Gasteiger partial charge in [-0.05, 0) is 47.9 Å². The van der Waals surface area contributed by atoms with Gasteiger partial charge in [-0.25, -0.2) is 0 Å². The summed E-state index contributed by atoms with van der Waals surface area (Å²) in [5.74, 6) is -1.28. The molecule has 0 spiro atoms. The minimum atomic E-state index is -2.12. The van der Waals surface area contributed by atoms with E-state index in [2.05, 4.69) is 0 Å². The van der Waals surface area contributed by atoms with Crippen molar-refractivity contribution in [1.82, 2.24) is 0 Å². The predicted molar refractivity (Wildman–Crippen MR) is 107 cm³/mol. The first-order chi connectivity index (χ1) is 13.0. The number of rotatable bonds is 8. The second-order valence-corrected chi connectivity index (χ2v) is 7.52. The molecule has 0 radical (unpaired) electrons. The third-order valence-electron chi connectivity index (χ3n) is 3.99. The Morgan fingerprint density at radius 1 is 0.815 bits per heavy atom. The average molecular weight is 381 g/mol. The molecule has 4 nitrogen and oxygen atoms in total. The Hall–Kier alpha value is -2.31. The summed E-state index contributed by atoms with van der Waals surface area (Å²) in [4.78, 5) is 2.20. The molecule has 0 heterocycles. The second kappa shape index (κ2) is 9.06. The molecule has 0 aliphatic carbocycles. The van der Waals surface area contributed by atoms with Gasteiger partial charge in [0.2, 0.25) is 5.91 Å². The highest BCUT2D eigenvalue weighted by Crippen LogP contribution is 2.30. The Labute approximate surface area is 163 Å². The average Bonchev–Trinajstić information content (AvgIpc) is 2.66. The summed E-state index contributed by atoms with van der Waals surface area (Å²) < 4.78 is 5.88. The van der Waals surface area contributed by atoms with Gasteiger partial charge < -0.3 is 14.9 Å². The van der Waals surface area contributed by atoms with Gasteiger partial charge in [0.05, 0.1) is 0 Å². The predicted octanol–water partition coefficient (Wildman–Crippen LogP) is 3.95. The van der Waals surface area contributed by atoms with Crippen molar-refractivity contribution in [3.63, 3.8) is 0 Å². The number of aryl methyl sites for hydroxylation is 1. The van der Waals surface area contributed by atoms with Crippen molar-refractivity contribution in [1.29, 1.82) is 0 Å². The standard InChI is InChI=1S/C22H23NO3S/c23-22(24,25)14-13-17-9-11-20(12-10-17)27-21-8-4-7-19(15-21)26-16-18-5-2-1-3-6-18/h1-12,15,24-25H,13-14,16,23H2. The number of hydrogen-bond donors (Lipinski definition) is 3. The minimum absolute atomic E-state index is 0.0975. The molecule has 0 fully saturated rings. The third kappa shape index (κ3) is 6.73.